The van der Waals surface area contributed by atoms with Crippen LogP contribution in [-0.2, 0) is 14.4 Å². The lowest BCUT2D eigenvalue weighted by atomic mass is 9.84. The van der Waals surface area contributed by atoms with Crippen LogP contribution in [0.1, 0.15) is 46.5 Å². The van der Waals surface area contributed by atoms with Gasteiger partial charge in [0, 0.05) is 26.1 Å². The number of carbonyl (C=O) groups excluding carboxylic acids is 2. The van der Waals surface area contributed by atoms with Gasteiger partial charge in [-0.15, -0.1) is 0 Å². The van der Waals surface area contributed by atoms with E-state index in [4.69, 9.17) is 0 Å². The van der Waals surface area contributed by atoms with Gasteiger partial charge in [-0.25, -0.2) is 0 Å². The van der Waals surface area contributed by atoms with Crippen LogP contribution in [0.4, 0.5) is 0 Å². The molecule has 7 nitrogen and oxygen atoms in total. The number of hydrogen-bond donors (Lipinski definition) is 3. The topological polar surface area (TPSA) is 98.7 Å². The number of nitrogens with zero attached hydrogens (tertiary/aromatic N) is 1. The molecule has 0 aliphatic heterocycles. The highest BCUT2D eigenvalue weighted by Gasteiger charge is 2.42. The van der Waals surface area contributed by atoms with E-state index in [0.717, 1.165) is 11.8 Å². The summed E-state index contributed by atoms with van der Waals surface area (Å²) in [5.41, 5.74) is 0. The molecule has 5 atom stereocenters. The third-order valence-corrected chi connectivity index (χ3v) is 5.85. The molecule has 0 saturated heterocycles. The maximum atomic E-state index is 12.4. The molecule has 2 aliphatic carbocycles. The number of amides is 2. The molecule has 2 amide bonds. The average Bonchev–Trinajstić information content (AvgIpc) is 3.15. The summed E-state index contributed by atoms with van der Waals surface area (Å²) in [4.78, 5) is 36.3. The Morgan fingerprint density at radius 3 is 2.44 bits per heavy atom. The van der Waals surface area contributed by atoms with Crippen molar-refractivity contribution in [3.63, 3.8) is 0 Å². The largest absolute Gasteiger partial charge is 0.480 e. The van der Waals surface area contributed by atoms with Crippen LogP contribution in [0.15, 0.2) is 0 Å². The van der Waals surface area contributed by atoms with E-state index >= 15 is 0 Å². The van der Waals surface area contributed by atoms with Gasteiger partial charge in [0.25, 0.3) is 0 Å². The van der Waals surface area contributed by atoms with Crippen molar-refractivity contribution in [2.45, 2.75) is 58.5 Å². The van der Waals surface area contributed by atoms with E-state index in [1.807, 2.05) is 0 Å². The first-order valence-corrected chi connectivity index (χ1v) is 9.28. The van der Waals surface area contributed by atoms with Crippen LogP contribution >= 0.6 is 0 Å². The van der Waals surface area contributed by atoms with E-state index in [0.29, 0.717) is 19.0 Å². The Balaban J connectivity index is 1.84. The van der Waals surface area contributed by atoms with E-state index < -0.39 is 12.0 Å². The van der Waals surface area contributed by atoms with Crippen molar-refractivity contribution in [1.29, 1.82) is 0 Å². The van der Waals surface area contributed by atoms with Crippen LogP contribution in [0.5, 0.6) is 0 Å². The van der Waals surface area contributed by atoms with E-state index in [-0.39, 0.29) is 24.4 Å². The molecule has 25 heavy (non-hydrogen) atoms. The average molecular weight is 353 g/mol. The van der Waals surface area contributed by atoms with Gasteiger partial charge in [0.05, 0.1) is 6.54 Å². The lowest BCUT2D eigenvalue weighted by Crippen LogP contribution is -2.50. The fourth-order valence-electron chi connectivity index (χ4n) is 4.44. The molecule has 0 heterocycles. The molecule has 0 aromatic carbocycles. The lowest BCUT2D eigenvalue weighted by molar-refractivity contribution is -0.143. The Morgan fingerprint density at radius 2 is 1.92 bits per heavy atom. The fourth-order valence-corrected chi connectivity index (χ4v) is 4.44. The highest BCUT2D eigenvalue weighted by molar-refractivity contribution is 5.80. The summed E-state index contributed by atoms with van der Waals surface area (Å²) in [7, 11) is 0. The quantitative estimate of drug-likeness (QED) is 0.570. The molecule has 0 aromatic rings. The molecule has 2 saturated carbocycles. The van der Waals surface area contributed by atoms with Gasteiger partial charge in [-0.05, 0) is 50.9 Å². The zero-order valence-corrected chi connectivity index (χ0v) is 15.5. The molecule has 2 rings (SSSR count). The summed E-state index contributed by atoms with van der Waals surface area (Å²) in [6.45, 7) is 5.70. The monoisotopic (exact) mass is 353 g/mol. The number of carbonyl (C=O) groups is 3. The SMILES string of the molecule is CC(=O)NCCN(CC(=O)NC(C)C1CC2CCC1C2)C(C)C(=O)O. The highest BCUT2D eigenvalue weighted by Crippen LogP contribution is 2.49. The summed E-state index contributed by atoms with van der Waals surface area (Å²) in [5, 5.41) is 14.9. The van der Waals surface area contributed by atoms with Crippen LogP contribution in [0, 0.1) is 17.8 Å². The van der Waals surface area contributed by atoms with Gasteiger partial charge in [-0.1, -0.05) is 6.42 Å². The third-order valence-electron chi connectivity index (χ3n) is 5.85. The minimum atomic E-state index is -0.975. The Hall–Kier alpha value is -1.63. The summed E-state index contributed by atoms with van der Waals surface area (Å²) in [5.74, 6) is 0.817. The number of nitrogens with one attached hydrogen (secondary N) is 2. The lowest BCUT2D eigenvalue weighted by Gasteiger charge is -2.30. The molecule has 2 aliphatic rings. The molecule has 0 aromatic heterocycles. The highest BCUT2D eigenvalue weighted by atomic mass is 16.4. The maximum Gasteiger partial charge on any atom is 0.320 e. The molecular formula is C18H31N3O4. The molecular weight excluding hydrogens is 322 g/mol. The van der Waals surface area contributed by atoms with Gasteiger partial charge in [0.2, 0.25) is 11.8 Å². The molecule has 2 bridgehead atoms. The minimum Gasteiger partial charge on any atom is -0.480 e. The smallest absolute Gasteiger partial charge is 0.320 e. The van der Waals surface area contributed by atoms with E-state index in [1.165, 1.54) is 32.6 Å². The van der Waals surface area contributed by atoms with Crippen LogP contribution in [0.25, 0.3) is 0 Å². The number of carboxylic acid groups (broad SMARTS) is 1. The predicted octanol–water partition coefficient (Wildman–Crippen LogP) is 0.839. The Kier molecular flexibility index (Phi) is 6.81. The van der Waals surface area contributed by atoms with Crippen molar-refractivity contribution in [2.24, 2.45) is 17.8 Å². The standard InChI is InChI=1S/C18H31N3O4/c1-11(16-9-14-4-5-15(16)8-14)20-17(23)10-21(12(2)18(24)25)7-6-19-13(3)22/h11-12,14-16H,4-10H2,1-3H3,(H,19,22)(H,20,23)(H,24,25). The van der Waals surface area contributed by atoms with Gasteiger partial charge in [-0.3, -0.25) is 19.3 Å². The number of fused-ring (bicyclic) bond motifs is 2. The van der Waals surface area contributed by atoms with Crippen LogP contribution in [0.3, 0.4) is 0 Å². The molecule has 0 radical (unpaired) electrons. The Morgan fingerprint density at radius 1 is 1.20 bits per heavy atom. The number of carboxylic acids is 1. The Bertz CT molecular complexity index is 511. The second kappa shape index (κ2) is 8.65. The maximum absolute atomic E-state index is 12.4. The van der Waals surface area contributed by atoms with Gasteiger partial charge < -0.3 is 15.7 Å². The van der Waals surface area contributed by atoms with Crippen LogP contribution in [0.2, 0.25) is 0 Å². The number of aliphatic carboxylic acids is 1. The summed E-state index contributed by atoms with van der Waals surface area (Å²) in [6, 6.07) is -0.655. The first kappa shape index (κ1) is 19.7. The van der Waals surface area contributed by atoms with E-state index in [2.05, 4.69) is 17.6 Å². The van der Waals surface area contributed by atoms with Crippen molar-refractivity contribution in [3.05, 3.63) is 0 Å². The summed E-state index contributed by atoms with van der Waals surface area (Å²) in [6.07, 6.45) is 5.09. The van der Waals surface area contributed by atoms with Crippen LogP contribution in [-0.4, -0.2) is 59.5 Å². The normalized spacial score (nSPS) is 27.1. The third kappa shape index (κ3) is 5.42. The summed E-state index contributed by atoms with van der Waals surface area (Å²) < 4.78 is 0. The van der Waals surface area contributed by atoms with Gasteiger partial charge in [0.15, 0.2) is 0 Å². The van der Waals surface area contributed by atoms with Gasteiger partial charge in [-0.2, -0.15) is 0 Å². The zero-order chi connectivity index (χ0) is 18.6. The van der Waals surface area contributed by atoms with Crippen molar-refractivity contribution < 1.29 is 19.5 Å². The predicted molar refractivity (Wildman–Crippen MR) is 93.9 cm³/mol. The molecule has 0 spiro atoms. The Labute approximate surface area is 149 Å². The fraction of sp³-hybridized carbons (Fsp3) is 0.833. The van der Waals surface area contributed by atoms with Crippen LogP contribution < -0.4 is 10.6 Å². The van der Waals surface area contributed by atoms with Gasteiger partial charge >= 0.3 is 5.97 Å². The molecule has 142 valence electrons. The minimum absolute atomic E-state index is 0.0260. The van der Waals surface area contributed by atoms with Crippen molar-refractivity contribution in [2.75, 3.05) is 19.6 Å². The molecule has 3 N–H and O–H groups in total. The van der Waals surface area contributed by atoms with E-state index in [9.17, 15) is 19.5 Å². The first-order chi connectivity index (χ1) is 11.8. The summed E-state index contributed by atoms with van der Waals surface area (Å²) >= 11 is 0. The van der Waals surface area contributed by atoms with Crippen molar-refractivity contribution in [1.82, 2.24) is 15.5 Å². The zero-order valence-electron chi connectivity index (χ0n) is 15.5. The van der Waals surface area contributed by atoms with Gasteiger partial charge in [0.1, 0.15) is 6.04 Å². The molecule has 2 fully saturated rings. The van der Waals surface area contributed by atoms with Crippen molar-refractivity contribution >= 4 is 17.8 Å². The first-order valence-electron chi connectivity index (χ1n) is 9.28. The van der Waals surface area contributed by atoms with E-state index in [1.54, 1.807) is 11.8 Å². The molecule has 5 unspecified atom stereocenters. The second-order valence-electron chi connectivity index (χ2n) is 7.66. The molecule has 7 heteroatoms. The second-order valence-corrected chi connectivity index (χ2v) is 7.66. The number of rotatable bonds is 9. The number of hydrogen-bond acceptors (Lipinski definition) is 4. The van der Waals surface area contributed by atoms with Crippen molar-refractivity contribution in [3.8, 4) is 0 Å².